The molecule has 4 heteroatoms. The fraction of sp³-hybridized carbons (Fsp3) is 0.615. The van der Waals surface area contributed by atoms with Crippen LogP contribution in [-0.4, -0.2) is 18.1 Å². The van der Waals surface area contributed by atoms with Crippen molar-refractivity contribution in [3.8, 4) is 0 Å². The molecule has 0 unspecified atom stereocenters. The Labute approximate surface area is 102 Å². The van der Waals surface area contributed by atoms with Crippen LogP contribution in [0.2, 0.25) is 0 Å². The van der Waals surface area contributed by atoms with Crippen molar-refractivity contribution >= 4 is 5.97 Å². The van der Waals surface area contributed by atoms with E-state index >= 15 is 0 Å². The van der Waals surface area contributed by atoms with Crippen LogP contribution in [0.25, 0.3) is 0 Å². The summed E-state index contributed by atoms with van der Waals surface area (Å²) in [4.78, 5) is 11.4. The maximum Gasteiger partial charge on any atom is 0.307 e. The number of carbonyl (C=O) groups excluding carboxylic acids is 1. The molecule has 17 heavy (non-hydrogen) atoms. The molecule has 0 fully saturated rings. The lowest BCUT2D eigenvalue weighted by Crippen LogP contribution is -2.27. The van der Waals surface area contributed by atoms with Crippen molar-refractivity contribution in [3.05, 3.63) is 24.2 Å². The van der Waals surface area contributed by atoms with Crippen LogP contribution in [0.4, 0.5) is 0 Å². The summed E-state index contributed by atoms with van der Waals surface area (Å²) in [6.07, 6.45) is 2.00. The smallest absolute Gasteiger partial charge is 0.307 e. The average Bonchev–Trinajstić information content (AvgIpc) is 2.66. The quantitative estimate of drug-likeness (QED) is 0.803. The van der Waals surface area contributed by atoms with Gasteiger partial charge in [-0.25, -0.2) is 0 Å². The fourth-order valence-corrected chi connectivity index (χ4v) is 1.42. The van der Waals surface area contributed by atoms with Crippen molar-refractivity contribution in [2.45, 2.75) is 45.8 Å². The second-order valence-corrected chi connectivity index (χ2v) is 5.03. The van der Waals surface area contributed by atoms with Crippen molar-refractivity contribution in [1.82, 2.24) is 5.32 Å². The first-order valence-corrected chi connectivity index (χ1v) is 5.87. The molecule has 0 aliphatic carbocycles. The predicted molar refractivity (Wildman–Crippen MR) is 65.6 cm³/mol. The van der Waals surface area contributed by atoms with Gasteiger partial charge in [0.1, 0.15) is 11.4 Å². The molecular weight excluding hydrogens is 218 g/mol. The van der Waals surface area contributed by atoms with Gasteiger partial charge in [-0.3, -0.25) is 4.79 Å². The molecule has 0 aromatic carbocycles. The minimum Gasteiger partial charge on any atom is -0.468 e. The molecule has 0 saturated carbocycles. The van der Waals surface area contributed by atoms with Gasteiger partial charge in [-0.05, 0) is 39.8 Å². The Balaban J connectivity index is 2.22. The lowest BCUT2D eigenvalue weighted by atomic mass is 10.2. The highest BCUT2D eigenvalue weighted by Crippen LogP contribution is 2.12. The van der Waals surface area contributed by atoms with Gasteiger partial charge in [-0.2, -0.15) is 0 Å². The molecule has 1 atom stereocenters. The first-order chi connectivity index (χ1) is 7.88. The topological polar surface area (TPSA) is 51.5 Å². The van der Waals surface area contributed by atoms with Crippen LogP contribution >= 0.6 is 0 Å². The van der Waals surface area contributed by atoms with Gasteiger partial charge in [0.05, 0.1) is 18.7 Å². The summed E-state index contributed by atoms with van der Waals surface area (Å²) < 4.78 is 10.5. The molecule has 1 aromatic heterocycles. The summed E-state index contributed by atoms with van der Waals surface area (Å²) in [5.41, 5.74) is -0.413. The van der Waals surface area contributed by atoms with E-state index in [1.807, 2.05) is 39.8 Å². The van der Waals surface area contributed by atoms with Gasteiger partial charge in [-0.1, -0.05) is 0 Å². The van der Waals surface area contributed by atoms with E-state index in [0.717, 1.165) is 5.76 Å². The Bertz CT molecular complexity index is 338. The van der Waals surface area contributed by atoms with Gasteiger partial charge in [-0.15, -0.1) is 0 Å². The monoisotopic (exact) mass is 239 g/mol. The molecule has 4 nitrogen and oxygen atoms in total. The SMILES string of the molecule is C[C@H](NCCC(=O)OC(C)(C)C)c1ccco1. The molecule has 0 radical (unpaired) electrons. The number of rotatable bonds is 5. The molecule has 96 valence electrons. The van der Waals surface area contributed by atoms with Crippen molar-refractivity contribution in [2.24, 2.45) is 0 Å². The van der Waals surface area contributed by atoms with Crippen LogP contribution < -0.4 is 5.32 Å². The Kier molecular flexibility index (Phi) is 4.75. The van der Waals surface area contributed by atoms with E-state index in [2.05, 4.69) is 5.32 Å². The van der Waals surface area contributed by atoms with E-state index < -0.39 is 5.60 Å². The molecule has 0 bridgehead atoms. The third kappa shape index (κ3) is 5.54. The summed E-state index contributed by atoms with van der Waals surface area (Å²) >= 11 is 0. The summed E-state index contributed by atoms with van der Waals surface area (Å²) in [5, 5.41) is 3.21. The van der Waals surface area contributed by atoms with E-state index in [4.69, 9.17) is 9.15 Å². The summed E-state index contributed by atoms with van der Waals surface area (Å²) in [7, 11) is 0. The van der Waals surface area contributed by atoms with E-state index in [0.29, 0.717) is 13.0 Å². The van der Waals surface area contributed by atoms with Crippen molar-refractivity contribution in [2.75, 3.05) is 6.54 Å². The Morgan fingerprint density at radius 2 is 2.24 bits per heavy atom. The van der Waals surface area contributed by atoms with Crippen LogP contribution in [-0.2, 0) is 9.53 Å². The minimum absolute atomic E-state index is 0.104. The second-order valence-electron chi connectivity index (χ2n) is 5.03. The summed E-state index contributed by atoms with van der Waals surface area (Å²) in [6.45, 7) is 8.17. The summed E-state index contributed by atoms with van der Waals surface area (Å²) in [6, 6.07) is 3.86. The van der Waals surface area contributed by atoms with E-state index in [1.165, 1.54) is 0 Å². The van der Waals surface area contributed by atoms with Gasteiger partial charge in [0.25, 0.3) is 0 Å². The zero-order chi connectivity index (χ0) is 12.9. The fourth-order valence-electron chi connectivity index (χ4n) is 1.42. The molecule has 0 amide bonds. The highest BCUT2D eigenvalue weighted by molar-refractivity contribution is 5.70. The van der Waals surface area contributed by atoms with Crippen molar-refractivity contribution in [3.63, 3.8) is 0 Å². The lowest BCUT2D eigenvalue weighted by Gasteiger charge is -2.19. The standard InChI is InChI=1S/C13H21NO3/c1-10(11-6-5-9-16-11)14-8-7-12(15)17-13(2,3)4/h5-6,9-10,14H,7-8H2,1-4H3/t10-/m0/s1. The number of hydrogen-bond donors (Lipinski definition) is 1. The lowest BCUT2D eigenvalue weighted by molar-refractivity contribution is -0.154. The van der Waals surface area contributed by atoms with Gasteiger partial charge < -0.3 is 14.5 Å². The number of esters is 1. The minimum atomic E-state index is -0.413. The molecule has 0 saturated heterocycles. The van der Waals surface area contributed by atoms with E-state index in [1.54, 1.807) is 6.26 Å². The van der Waals surface area contributed by atoms with E-state index in [9.17, 15) is 4.79 Å². The van der Waals surface area contributed by atoms with Crippen LogP contribution in [0.5, 0.6) is 0 Å². The number of carbonyl (C=O) groups is 1. The van der Waals surface area contributed by atoms with Crippen LogP contribution in [0, 0.1) is 0 Å². The zero-order valence-corrected chi connectivity index (χ0v) is 10.9. The first-order valence-electron chi connectivity index (χ1n) is 5.87. The van der Waals surface area contributed by atoms with Gasteiger partial charge >= 0.3 is 5.97 Å². The highest BCUT2D eigenvalue weighted by Gasteiger charge is 2.16. The molecule has 1 aromatic rings. The highest BCUT2D eigenvalue weighted by atomic mass is 16.6. The largest absolute Gasteiger partial charge is 0.468 e. The molecular formula is C13H21NO3. The third-order valence-electron chi connectivity index (χ3n) is 2.17. The van der Waals surface area contributed by atoms with Crippen molar-refractivity contribution in [1.29, 1.82) is 0 Å². The number of ether oxygens (including phenoxy) is 1. The zero-order valence-electron chi connectivity index (χ0n) is 10.9. The maximum atomic E-state index is 11.4. The van der Waals surface area contributed by atoms with Crippen LogP contribution in [0.3, 0.4) is 0 Å². The number of furan rings is 1. The molecule has 1 rings (SSSR count). The maximum absolute atomic E-state index is 11.4. The second kappa shape index (κ2) is 5.87. The Hall–Kier alpha value is -1.29. The van der Waals surface area contributed by atoms with Gasteiger partial charge in [0.15, 0.2) is 0 Å². The summed E-state index contributed by atoms with van der Waals surface area (Å²) in [5.74, 6) is 0.686. The number of nitrogens with one attached hydrogen (secondary N) is 1. The molecule has 1 heterocycles. The first kappa shape index (κ1) is 13.8. The Morgan fingerprint density at radius 3 is 2.76 bits per heavy atom. The number of hydrogen-bond acceptors (Lipinski definition) is 4. The van der Waals surface area contributed by atoms with E-state index in [-0.39, 0.29) is 12.0 Å². The van der Waals surface area contributed by atoms with Gasteiger partial charge in [0, 0.05) is 6.54 Å². The van der Waals surface area contributed by atoms with Crippen molar-refractivity contribution < 1.29 is 13.9 Å². The third-order valence-corrected chi connectivity index (χ3v) is 2.17. The normalized spacial score (nSPS) is 13.4. The molecule has 0 spiro atoms. The predicted octanol–water partition coefficient (Wildman–Crippen LogP) is 2.66. The Morgan fingerprint density at radius 1 is 1.53 bits per heavy atom. The van der Waals surface area contributed by atoms with Gasteiger partial charge in [0.2, 0.25) is 0 Å². The van der Waals surface area contributed by atoms with Crippen LogP contribution in [0.15, 0.2) is 22.8 Å². The molecule has 0 aliphatic rings. The molecule has 1 N–H and O–H groups in total. The molecule has 0 aliphatic heterocycles. The van der Waals surface area contributed by atoms with Crippen LogP contribution in [0.1, 0.15) is 45.9 Å². The average molecular weight is 239 g/mol.